The average Bonchev–Trinajstić information content (AvgIpc) is 2.57. The van der Waals surface area contributed by atoms with E-state index >= 15 is 0 Å². The molecule has 2 unspecified atom stereocenters. The monoisotopic (exact) mass is 269 g/mol. The number of alkyl halides is 1. The minimum atomic E-state index is -0.530. The van der Waals surface area contributed by atoms with E-state index in [1.54, 1.807) is 18.2 Å². The highest BCUT2D eigenvalue weighted by Gasteiger charge is 2.54. The zero-order valence-electron chi connectivity index (χ0n) is 7.66. The van der Waals surface area contributed by atoms with E-state index in [4.69, 9.17) is 4.74 Å². The first kappa shape index (κ1) is 9.03. The second-order valence-electron chi connectivity index (χ2n) is 3.78. The van der Waals surface area contributed by atoms with Crippen LogP contribution in [0.2, 0.25) is 0 Å². The number of halogens is 1. The number of fused-ring (bicyclic) bond motifs is 3. The van der Waals surface area contributed by atoms with E-state index < -0.39 is 4.32 Å². The van der Waals surface area contributed by atoms with Crippen LogP contribution in [0.4, 0.5) is 5.69 Å². The van der Waals surface area contributed by atoms with Crippen molar-refractivity contribution < 1.29 is 14.6 Å². The van der Waals surface area contributed by atoms with Gasteiger partial charge in [-0.15, -0.1) is 0 Å². The van der Waals surface area contributed by atoms with Gasteiger partial charge in [-0.2, -0.15) is 0 Å². The lowest BCUT2D eigenvalue weighted by molar-refractivity contribution is -0.140. The number of anilines is 1. The third-order valence-corrected chi connectivity index (χ3v) is 3.93. The summed E-state index contributed by atoms with van der Waals surface area (Å²) in [6, 6.07) is 5.03. The van der Waals surface area contributed by atoms with Crippen LogP contribution in [0.5, 0.6) is 5.75 Å². The van der Waals surface area contributed by atoms with Gasteiger partial charge in [0, 0.05) is 11.3 Å². The number of esters is 1. The predicted molar refractivity (Wildman–Crippen MR) is 56.8 cm³/mol. The van der Waals surface area contributed by atoms with Crippen LogP contribution in [0.1, 0.15) is 12.0 Å². The first-order valence-corrected chi connectivity index (χ1v) is 5.37. The second-order valence-corrected chi connectivity index (χ2v) is 5.20. The molecular formula is C10H8BrNO3. The highest BCUT2D eigenvalue weighted by Crippen LogP contribution is 2.52. The number of carbonyl (C=O) groups excluding carboxylic acids is 1. The van der Waals surface area contributed by atoms with Crippen molar-refractivity contribution in [3.05, 3.63) is 23.8 Å². The van der Waals surface area contributed by atoms with Gasteiger partial charge >= 0.3 is 5.97 Å². The number of phenols is 1. The summed E-state index contributed by atoms with van der Waals surface area (Å²) >= 11 is 3.53. The molecular weight excluding hydrogens is 262 g/mol. The smallest absolute Gasteiger partial charge is 0.309 e. The zero-order valence-corrected chi connectivity index (χ0v) is 9.24. The van der Waals surface area contributed by atoms with Crippen LogP contribution in [0, 0.1) is 0 Å². The standard InChI is InChI=1S/C10H8BrNO3/c11-10-4-8(14)15-9(10)12-7-2-1-5(13)3-6(7)10/h1-3,9,12-13H,4H2. The van der Waals surface area contributed by atoms with E-state index in [9.17, 15) is 9.90 Å². The molecule has 3 rings (SSSR count). The molecule has 1 aromatic carbocycles. The lowest BCUT2D eigenvalue weighted by atomic mass is 9.98. The third-order valence-electron chi connectivity index (χ3n) is 2.80. The lowest BCUT2D eigenvalue weighted by Gasteiger charge is -2.17. The summed E-state index contributed by atoms with van der Waals surface area (Å²) in [5, 5.41) is 12.5. The normalized spacial score (nSPS) is 31.8. The lowest BCUT2D eigenvalue weighted by Crippen LogP contribution is -2.28. The Morgan fingerprint density at radius 2 is 2.40 bits per heavy atom. The van der Waals surface area contributed by atoms with Crippen LogP contribution in [-0.2, 0) is 13.9 Å². The number of benzene rings is 1. The summed E-state index contributed by atoms with van der Waals surface area (Å²) < 4.78 is 4.60. The van der Waals surface area contributed by atoms with Crippen molar-refractivity contribution in [2.24, 2.45) is 0 Å². The zero-order chi connectivity index (χ0) is 10.6. The molecule has 1 saturated heterocycles. The summed E-state index contributed by atoms with van der Waals surface area (Å²) in [6.07, 6.45) is -0.0944. The fourth-order valence-corrected chi connectivity index (χ4v) is 2.86. The van der Waals surface area contributed by atoms with Crippen LogP contribution >= 0.6 is 15.9 Å². The Bertz CT molecular complexity index is 462. The highest BCUT2D eigenvalue weighted by atomic mass is 79.9. The number of carbonyl (C=O) groups is 1. The van der Waals surface area contributed by atoms with Crippen molar-refractivity contribution in [3.63, 3.8) is 0 Å². The van der Waals surface area contributed by atoms with Gasteiger partial charge in [0.25, 0.3) is 0 Å². The summed E-state index contributed by atoms with van der Waals surface area (Å²) in [4.78, 5) is 11.2. The maximum absolute atomic E-state index is 11.2. The van der Waals surface area contributed by atoms with Crippen molar-refractivity contribution >= 4 is 27.6 Å². The molecule has 0 amide bonds. The topological polar surface area (TPSA) is 58.6 Å². The minimum Gasteiger partial charge on any atom is -0.508 e. The SMILES string of the molecule is O=C1CC2(Br)c3cc(O)ccc3NC2O1. The number of hydrogen-bond acceptors (Lipinski definition) is 4. The molecule has 0 saturated carbocycles. The van der Waals surface area contributed by atoms with Crippen molar-refractivity contribution in [1.29, 1.82) is 0 Å². The fourth-order valence-electron chi connectivity index (χ4n) is 2.09. The number of hydrogen-bond donors (Lipinski definition) is 2. The molecule has 5 heteroatoms. The largest absolute Gasteiger partial charge is 0.508 e. The molecule has 0 aromatic heterocycles. The van der Waals surface area contributed by atoms with Gasteiger partial charge in [0.2, 0.25) is 0 Å². The second kappa shape index (κ2) is 2.66. The van der Waals surface area contributed by atoms with Gasteiger partial charge in [-0.1, -0.05) is 15.9 Å². The molecule has 1 aromatic rings. The van der Waals surface area contributed by atoms with E-state index in [0.29, 0.717) is 0 Å². The Morgan fingerprint density at radius 1 is 1.60 bits per heavy atom. The molecule has 2 N–H and O–H groups in total. The van der Waals surface area contributed by atoms with Crippen molar-refractivity contribution in [2.45, 2.75) is 17.0 Å². The van der Waals surface area contributed by atoms with E-state index in [-0.39, 0.29) is 24.4 Å². The number of phenolic OH excluding ortho intramolecular Hbond substituents is 1. The third kappa shape index (κ3) is 1.10. The number of rotatable bonds is 0. The van der Waals surface area contributed by atoms with Crippen LogP contribution in [-0.4, -0.2) is 17.3 Å². The van der Waals surface area contributed by atoms with Crippen LogP contribution in [0.15, 0.2) is 18.2 Å². The van der Waals surface area contributed by atoms with Gasteiger partial charge in [-0.25, -0.2) is 0 Å². The summed E-state index contributed by atoms with van der Waals surface area (Å²) in [5.74, 6) is -0.0484. The van der Waals surface area contributed by atoms with Gasteiger partial charge < -0.3 is 15.2 Å². The first-order chi connectivity index (χ1) is 7.09. The summed E-state index contributed by atoms with van der Waals surface area (Å²) in [5.41, 5.74) is 1.76. The van der Waals surface area contributed by atoms with E-state index in [1.165, 1.54) is 0 Å². The van der Waals surface area contributed by atoms with Crippen LogP contribution in [0.25, 0.3) is 0 Å². The predicted octanol–water partition coefficient (Wildman–Crippen LogP) is 1.68. The maximum atomic E-state index is 11.2. The minimum absolute atomic E-state index is 0.189. The van der Waals surface area contributed by atoms with Gasteiger partial charge in [0.05, 0.1) is 6.42 Å². The molecule has 0 bridgehead atoms. The van der Waals surface area contributed by atoms with Gasteiger partial charge in [0.1, 0.15) is 10.1 Å². The Kier molecular flexibility index (Phi) is 1.60. The average molecular weight is 270 g/mol. The molecule has 15 heavy (non-hydrogen) atoms. The molecule has 0 spiro atoms. The molecule has 1 fully saturated rings. The molecule has 4 nitrogen and oxygen atoms in total. The van der Waals surface area contributed by atoms with Gasteiger partial charge in [-0.3, -0.25) is 4.79 Å². The van der Waals surface area contributed by atoms with Crippen molar-refractivity contribution in [3.8, 4) is 5.75 Å². The Morgan fingerprint density at radius 3 is 3.20 bits per heavy atom. The Balaban J connectivity index is 2.16. The van der Waals surface area contributed by atoms with Crippen LogP contribution in [0.3, 0.4) is 0 Å². The first-order valence-electron chi connectivity index (χ1n) is 4.58. The Labute approximate surface area is 94.4 Å². The highest BCUT2D eigenvalue weighted by molar-refractivity contribution is 9.09. The molecule has 2 heterocycles. The molecule has 0 aliphatic carbocycles. The number of aromatic hydroxyl groups is 1. The summed E-state index contributed by atoms with van der Waals surface area (Å²) in [7, 11) is 0. The fraction of sp³-hybridized carbons (Fsp3) is 0.300. The molecule has 0 radical (unpaired) electrons. The summed E-state index contributed by atoms with van der Waals surface area (Å²) in [6.45, 7) is 0. The Hall–Kier alpha value is -1.23. The van der Waals surface area contributed by atoms with Crippen molar-refractivity contribution in [1.82, 2.24) is 0 Å². The quantitative estimate of drug-likeness (QED) is 0.428. The van der Waals surface area contributed by atoms with Gasteiger partial charge in [-0.05, 0) is 18.2 Å². The molecule has 2 aliphatic rings. The van der Waals surface area contributed by atoms with Crippen molar-refractivity contribution in [2.75, 3.05) is 5.32 Å². The van der Waals surface area contributed by atoms with E-state index in [1.807, 2.05) is 0 Å². The molecule has 2 aliphatic heterocycles. The van der Waals surface area contributed by atoms with Gasteiger partial charge in [0.15, 0.2) is 6.23 Å². The number of nitrogens with one attached hydrogen (secondary N) is 1. The van der Waals surface area contributed by atoms with E-state index in [2.05, 4.69) is 21.2 Å². The molecule has 78 valence electrons. The number of ether oxygens (including phenoxy) is 1. The van der Waals surface area contributed by atoms with Crippen LogP contribution < -0.4 is 5.32 Å². The maximum Gasteiger partial charge on any atom is 0.309 e. The molecule has 2 atom stereocenters. The van der Waals surface area contributed by atoms with E-state index in [0.717, 1.165) is 11.3 Å².